The molecule has 1 spiro atoms. The van der Waals surface area contributed by atoms with Gasteiger partial charge < -0.3 is 24.2 Å². The number of aliphatic hydroxyl groups excluding tert-OH is 1. The molecule has 0 saturated carbocycles. The fraction of sp³-hybridized carbons (Fsp3) is 0.739. The first kappa shape index (κ1) is 22.7. The molecule has 0 aliphatic carbocycles. The summed E-state index contributed by atoms with van der Waals surface area (Å²) < 4.78 is 43.7. The molecule has 1 aromatic rings. The highest BCUT2D eigenvalue weighted by atomic mass is 19.3. The van der Waals surface area contributed by atoms with Crippen molar-refractivity contribution in [1.29, 1.82) is 0 Å². The van der Waals surface area contributed by atoms with Gasteiger partial charge in [-0.25, -0.2) is 8.78 Å². The molecule has 1 atom stereocenters. The summed E-state index contributed by atoms with van der Waals surface area (Å²) in [7, 11) is 1.56. The number of benzene rings is 1. The monoisotopic (exact) mass is 440 g/mol. The number of rotatable bonds is 8. The summed E-state index contributed by atoms with van der Waals surface area (Å²) in [4.78, 5) is 4.04. The van der Waals surface area contributed by atoms with Crippen LogP contribution in [0.2, 0.25) is 0 Å². The van der Waals surface area contributed by atoms with Crippen molar-refractivity contribution < 1.29 is 28.1 Å². The van der Waals surface area contributed by atoms with E-state index < -0.39 is 12.0 Å². The van der Waals surface area contributed by atoms with Crippen molar-refractivity contribution in [2.45, 2.75) is 44.3 Å². The van der Waals surface area contributed by atoms with Gasteiger partial charge in [-0.1, -0.05) is 6.07 Å². The number of piperidine rings is 1. The van der Waals surface area contributed by atoms with Gasteiger partial charge in [-0.05, 0) is 55.5 Å². The van der Waals surface area contributed by atoms with Gasteiger partial charge in [-0.2, -0.15) is 0 Å². The smallest absolute Gasteiger partial charge is 0.261 e. The van der Waals surface area contributed by atoms with Crippen molar-refractivity contribution >= 4 is 0 Å². The maximum absolute atomic E-state index is 13.4. The van der Waals surface area contributed by atoms with Gasteiger partial charge in [0.1, 0.15) is 12.7 Å². The van der Waals surface area contributed by atoms with E-state index in [-0.39, 0.29) is 19.6 Å². The number of alkyl halides is 2. The summed E-state index contributed by atoms with van der Waals surface area (Å²) in [6.07, 6.45) is 2.72. The lowest BCUT2D eigenvalue weighted by atomic mass is 9.78. The number of hydrogen-bond acceptors (Lipinski definition) is 6. The van der Waals surface area contributed by atoms with Gasteiger partial charge in [-0.3, -0.25) is 4.90 Å². The van der Waals surface area contributed by atoms with Crippen molar-refractivity contribution in [2.75, 3.05) is 59.7 Å². The first-order chi connectivity index (χ1) is 14.9. The Balaban J connectivity index is 1.24. The van der Waals surface area contributed by atoms with Crippen molar-refractivity contribution in [3.05, 3.63) is 23.8 Å². The molecule has 0 aromatic heterocycles. The van der Waals surface area contributed by atoms with E-state index in [1.807, 2.05) is 12.1 Å². The van der Waals surface area contributed by atoms with E-state index in [0.29, 0.717) is 36.5 Å². The van der Waals surface area contributed by atoms with Crippen LogP contribution in [-0.4, -0.2) is 86.6 Å². The molecule has 0 amide bonds. The molecule has 174 valence electrons. The molecule has 1 aromatic carbocycles. The van der Waals surface area contributed by atoms with E-state index in [1.165, 1.54) is 0 Å². The Bertz CT molecular complexity index is 732. The first-order valence-electron chi connectivity index (χ1n) is 11.2. The van der Waals surface area contributed by atoms with Crippen LogP contribution < -0.4 is 9.47 Å². The van der Waals surface area contributed by atoms with E-state index in [9.17, 15) is 13.9 Å². The van der Waals surface area contributed by atoms with Crippen LogP contribution in [0.15, 0.2) is 18.2 Å². The number of likely N-dealkylation sites (tertiary alicyclic amines) is 2. The lowest BCUT2D eigenvalue weighted by molar-refractivity contribution is 0.0115. The highest BCUT2D eigenvalue weighted by Gasteiger charge is 2.39. The molecule has 3 fully saturated rings. The van der Waals surface area contributed by atoms with Gasteiger partial charge in [0, 0.05) is 32.7 Å². The summed E-state index contributed by atoms with van der Waals surface area (Å²) in [6, 6.07) is 5.49. The minimum Gasteiger partial charge on any atom is -0.493 e. The fourth-order valence-electron chi connectivity index (χ4n) is 4.92. The third-order valence-electron chi connectivity index (χ3n) is 6.88. The zero-order chi connectivity index (χ0) is 21.9. The standard InChI is InChI=1S/C23H34F2N2O4/c1-29-21-12-18(13-27-10-6-23(24,25)16-27)2-3-20(21)31-15-19(28)14-26-8-4-22(5-9-26)7-11-30-17-22/h2-3,12,19,28H,4-11,13-17H2,1H3. The Kier molecular flexibility index (Phi) is 7.01. The summed E-state index contributed by atoms with van der Waals surface area (Å²) >= 11 is 0. The Morgan fingerprint density at radius 1 is 1.10 bits per heavy atom. The summed E-state index contributed by atoms with van der Waals surface area (Å²) in [6.45, 7) is 5.12. The number of hydrogen-bond donors (Lipinski definition) is 1. The molecule has 3 aliphatic heterocycles. The second-order valence-corrected chi connectivity index (χ2v) is 9.37. The average Bonchev–Trinajstić information content (AvgIpc) is 3.34. The van der Waals surface area contributed by atoms with Crippen LogP contribution in [0, 0.1) is 5.41 Å². The Morgan fingerprint density at radius 3 is 2.52 bits per heavy atom. The molecule has 8 heteroatoms. The highest BCUT2D eigenvalue weighted by Crippen LogP contribution is 2.39. The number of aliphatic hydroxyl groups is 1. The fourth-order valence-corrected chi connectivity index (χ4v) is 4.92. The molecular formula is C23H34F2N2O4. The van der Waals surface area contributed by atoms with Crippen LogP contribution in [0.4, 0.5) is 8.78 Å². The Labute approximate surface area is 183 Å². The molecule has 1 unspecified atom stereocenters. The van der Waals surface area contributed by atoms with Gasteiger partial charge in [0.2, 0.25) is 0 Å². The molecule has 3 aliphatic rings. The number of ether oxygens (including phenoxy) is 3. The van der Waals surface area contributed by atoms with Crippen LogP contribution in [0.5, 0.6) is 11.5 Å². The first-order valence-corrected chi connectivity index (χ1v) is 11.2. The third kappa shape index (κ3) is 5.86. The molecule has 3 saturated heterocycles. The van der Waals surface area contributed by atoms with Crippen LogP contribution in [-0.2, 0) is 11.3 Å². The second-order valence-electron chi connectivity index (χ2n) is 9.37. The predicted octanol–water partition coefficient (Wildman–Crippen LogP) is 2.78. The van der Waals surface area contributed by atoms with Crippen molar-refractivity contribution in [3.8, 4) is 11.5 Å². The van der Waals surface area contributed by atoms with Gasteiger partial charge in [0.25, 0.3) is 5.92 Å². The second kappa shape index (κ2) is 9.57. The van der Waals surface area contributed by atoms with Gasteiger partial charge in [0.15, 0.2) is 11.5 Å². The van der Waals surface area contributed by atoms with Crippen LogP contribution in [0.25, 0.3) is 0 Å². The average molecular weight is 441 g/mol. The quantitative estimate of drug-likeness (QED) is 0.671. The van der Waals surface area contributed by atoms with Gasteiger partial charge >= 0.3 is 0 Å². The summed E-state index contributed by atoms with van der Waals surface area (Å²) in [5.41, 5.74) is 1.26. The predicted molar refractivity (Wildman–Crippen MR) is 113 cm³/mol. The molecule has 4 rings (SSSR count). The molecule has 0 bridgehead atoms. The van der Waals surface area contributed by atoms with Crippen molar-refractivity contribution in [3.63, 3.8) is 0 Å². The van der Waals surface area contributed by atoms with E-state index in [4.69, 9.17) is 14.2 Å². The molecule has 0 radical (unpaired) electrons. The van der Waals surface area contributed by atoms with Gasteiger partial charge in [0.05, 0.1) is 20.3 Å². The Morgan fingerprint density at radius 2 is 1.87 bits per heavy atom. The number of methoxy groups -OCH3 is 1. The molecule has 6 nitrogen and oxygen atoms in total. The molecule has 1 N–H and O–H groups in total. The minimum absolute atomic E-state index is 0.0883. The maximum Gasteiger partial charge on any atom is 0.261 e. The molecular weight excluding hydrogens is 406 g/mol. The summed E-state index contributed by atoms with van der Waals surface area (Å²) in [5, 5.41) is 10.5. The van der Waals surface area contributed by atoms with Crippen LogP contribution in [0.1, 0.15) is 31.2 Å². The van der Waals surface area contributed by atoms with E-state index in [2.05, 4.69) is 4.90 Å². The zero-order valence-electron chi connectivity index (χ0n) is 18.3. The zero-order valence-corrected chi connectivity index (χ0v) is 18.3. The normalized spacial score (nSPS) is 24.5. The number of β-amino-alcohol motifs (C(OH)–C–C–N with tert-alkyl or cyclic N) is 1. The van der Waals surface area contributed by atoms with Crippen LogP contribution >= 0.6 is 0 Å². The van der Waals surface area contributed by atoms with Crippen molar-refractivity contribution in [2.24, 2.45) is 5.41 Å². The van der Waals surface area contributed by atoms with Crippen LogP contribution in [0.3, 0.4) is 0 Å². The maximum atomic E-state index is 13.4. The molecule has 31 heavy (non-hydrogen) atoms. The number of halogens is 2. The lowest BCUT2D eigenvalue weighted by Crippen LogP contribution is -2.44. The minimum atomic E-state index is -2.59. The SMILES string of the molecule is COc1cc(CN2CCC(F)(F)C2)ccc1OCC(O)CN1CCC2(CCOC2)CC1. The summed E-state index contributed by atoms with van der Waals surface area (Å²) in [5.74, 6) is -1.49. The highest BCUT2D eigenvalue weighted by molar-refractivity contribution is 5.43. The van der Waals surface area contributed by atoms with E-state index in [1.54, 1.807) is 18.1 Å². The largest absolute Gasteiger partial charge is 0.493 e. The van der Waals surface area contributed by atoms with Gasteiger partial charge in [-0.15, -0.1) is 0 Å². The van der Waals surface area contributed by atoms with Crippen molar-refractivity contribution in [1.82, 2.24) is 9.80 Å². The number of nitrogens with zero attached hydrogens (tertiary/aromatic N) is 2. The third-order valence-corrected chi connectivity index (χ3v) is 6.88. The topological polar surface area (TPSA) is 54.4 Å². The lowest BCUT2D eigenvalue weighted by Gasteiger charge is -2.38. The van der Waals surface area contributed by atoms with E-state index in [0.717, 1.165) is 51.1 Å². The Hall–Kier alpha value is -1.48. The van der Waals surface area contributed by atoms with E-state index >= 15 is 0 Å². The molecule has 3 heterocycles.